The van der Waals surface area contributed by atoms with Gasteiger partial charge in [0.2, 0.25) is 0 Å². The molecule has 0 spiro atoms. The van der Waals surface area contributed by atoms with Gasteiger partial charge in [0.25, 0.3) is 0 Å². The van der Waals surface area contributed by atoms with E-state index >= 15 is 0 Å². The molecule has 74 valence electrons. The predicted octanol–water partition coefficient (Wildman–Crippen LogP) is 2.97. The molecule has 2 nitrogen and oxygen atoms in total. The Morgan fingerprint density at radius 1 is 1.54 bits per heavy atom. The van der Waals surface area contributed by atoms with Crippen LogP contribution in [0.4, 0.5) is 4.39 Å². The molecule has 0 fully saturated rings. The Morgan fingerprint density at radius 2 is 2.23 bits per heavy atom. The largest absolute Gasteiger partial charge is 0.334 e. The fourth-order valence-electron chi connectivity index (χ4n) is 1.51. The maximum Gasteiger partial charge on any atom is 0.107 e. The summed E-state index contributed by atoms with van der Waals surface area (Å²) in [5.74, 6) is 0. The van der Waals surface area contributed by atoms with Gasteiger partial charge in [0.05, 0.1) is 6.33 Å². The molecule has 1 aromatic heterocycles. The molecular weight excluding hydrogens is 167 g/mol. The average Bonchev–Trinajstić information content (AvgIpc) is 2.50. The minimum atomic E-state index is -1.11. The van der Waals surface area contributed by atoms with Crippen LogP contribution in [0.25, 0.3) is 0 Å². The lowest BCUT2D eigenvalue weighted by atomic mass is 9.99. The minimum Gasteiger partial charge on any atom is -0.334 e. The first kappa shape index (κ1) is 10.2. The van der Waals surface area contributed by atoms with Gasteiger partial charge in [0.15, 0.2) is 0 Å². The summed E-state index contributed by atoms with van der Waals surface area (Å²) in [5.41, 5.74) is -1.11. The zero-order valence-electron chi connectivity index (χ0n) is 8.50. The number of hydrogen-bond acceptors (Lipinski definition) is 1. The van der Waals surface area contributed by atoms with E-state index in [0.717, 1.165) is 6.42 Å². The molecule has 0 aliphatic carbocycles. The monoisotopic (exact) mass is 184 g/mol. The second-order valence-corrected chi connectivity index (χ2v) is 3.99. The predicted molar refractivity (Wildman–Crippen MR) is 51.4 cm³/mol. The molecule has 0 saturated carbocycles. The maximum atomic E-state index is 13.4. The van der Waals surface area contributed by atoms with Crippen LogP contribution in [0.5, 0.6) is 0 Å². The summed E-state index contributed by atoms with van der Waals surface area (Å²) in [4.78, 5) is 3.96. The van der Waals surface area contributed by atoms with Crippen molar-refractivity contribution in [3.63, 3.8) is 0 Å². The molecule has 1 atom stereocenters. The first-order valence-electron chi connectivity index (χ1n) is 4.69. The van der Waals surface area contributed by atoms with E-state index in [1.54, 1.807) is 26.4 Å². The zero-order chi connectivity index (χ0) is 9.90. The molecule has 0 saturated heterocycles. The van der Waals surface area contributed by atoms with Crippen LogP contribution in [-0.4, -0.2) is 15.2 Å². The summed E-state index contributed by atoms with van der Waals surface area (Å²) < 4.78 is 15.4. The Bertz CT molecular complexity index is 236. The van der Waals surface area contributed by atoms with E-state index in [0.29, 0.717) is 6.42 Å². The van der Waals surface area contributed by atoms with E-state index < -0.39 is 5.67 Å². The molecule has 1 unspecified atom stereocenters. The van der Waals surface area contributed by atoms with E-state index in [1.165, 1.54) is 0 Å². The molecule has 1 aromatic rings. The van der Waals surface area contributed by atoms with Gasteiger partial charge in [0.1, 0.15) is 5.67 Å². The topological polar surface area (TPSA) is 17.8 Å². The number of rotatable bonds is 4. The van der Waals surface area contributed by atoms with Gasteiger partial charge >= 0.3 is 0 Å². The minimum absolute atomic E-state index is 0.225. The van der Waals surface area contributed by atoms with Crippen LogP contribution < -0.4 is 0 Å². The second kappa shape index (κ2) is 3.90. The third-order valence-electron chi connectivity index (χ3n) is 2.14. The number of alkyl halides is 1. The molecule has 0 radical (unpaired) electrons. The van der Waals surface area contributed by atoms with Gasteiger partial charge < -0.3 is 4.57 Å². The SMILES string of the molecule is CCC(CC(C)(C)F)n1ccnc1. The second-order valence-electron chi connectivity index (χ2n) is 3.99. The average molecular weight is 184 g/mol. The molecule has 0 aliphatic heterocycles. The van der Waals surface area contributed by atoms with Crippen LogP contribution in [0.2, 0.25) is 0 Å². The number of nitrogens with zero attached hydrogens (tertiary/aromatic N) is 2. The summed E-state index contributed by atoms with van der Waals surface area (Å²) >= 11 is 0. The van der Waals surface area contributed by atoms with Crippen molar-refractivity contribution >= 4 is 0 Å². The highest BCUT2D eigenvalue weighted by molar-refractivity contribution is 4.83. The lowest BCUT2D eigenvalue weighted by Gasteiger charge is -2.22. The van der Waals surface area contributed by atoms with Gasteiger partial charge in [-0.1, -0.05) is 6.92 Å². The van der Waals surface area contributed by atoms with Crippen molar-refractivity contribution in [2.24, 2.45) is 0 Å². The first-order valence-corrected chi connectivity index (χ1v) is 4.69. The third kappa shape index (κ3) is 3.17. The number of halogens is 1. The molecule has 0 N–H and O–H groups in total. The molecule has 0 amide bonds. The molecule has 0 aliphatic rings. The van der Waals surface area contributed by atoms with E-state index in [9.17, 15) is 4.39 Å². The highest BCUT2D eigenvalue weighted by atomic mass is 19.1. The Morgan fingerprint density at radius 3 is 2.62 bits per heavy atom. The fourth-order valence-corrected chi connectivity index (χ4v) is 1.51. The van der Waals surface area contributed by atoms with Crippen molar-refractivity contribution in [3.05, 3.63) is 18.7 Å². The van der Waals surface area contributed by atoms with E-state index in [1.807, 2.05) is 10.8 Å². The third-order valence-corrected chi connectivity index (χ3v) is 2.14. The van der Waals surface area contributed by atoms with Crippen LogP contribution in [-0.2, 0) is 0 Å². The summed E-state index contributed by atoms with van der Waals surface area (Å²) in [6.07, 6.45) is 6.84. The first-order chi connectivity index (χ1) is 6.03. The van der Waals surface area contributed by atoms with Crippen molar-refractivity contribution < 1.29 is 4.39 Å². The van der Waals surface area contributed by atoms with Gasteiger partial charge in [-0.2, -0.15) is 0 Å². The smallest absolute Gasteiger partial charge is 0.107 e. The Kier molecular flexibility index (Phi) is 3.07. The summed E-state index contributed by atoms with van der Waals surface area (Å²) in [7, 11) is 0. The van der Waals surface area contributed by atoms with Crippen molar-refractivity contribution in [2.45, 2.75) is 45.3 Å². The van der Waals surface area contributed by atoms with Crippen LogP contribution in [0.1, 0.15) is 39.7 Å². The van der Waals surface area contributed by atoms with Crippen LogP contribution in [0.3, 0.4) is 0 Å². The molecule has 0 bridgehead atoms. The standard InChI is InChI=1S/C10H17FN2/c1-4-9(7-10(2,3)11)13-6-5-12-8-13/h5-6,8-9H,4,7H2,1-3H3. The fraction of sp³-hybridized carbons (Fsp3) is 0.700. The van der Waals surface area contributed by atoms with Crippen molar-refractivity contribution in [2.75, 3.05) is 0 Å². The molecule has 1 heterocycles. The molecule has 1 rings (SSSR count). The van der Waals surface area contributed by atoms with Gasteiger partial charge in [-0.15, -0.1) is 0 Å². The van der Waals surface area contributed by atoms with Gasteiger partial charge in [-0.3, -0.25) is 0 Å². The van der Waals surface area contributed by atoms with Gasteiger partial charge in [-0.25, -0.2) is 9.37 Å². The van der Waals surface area contributed by atoms with Crippen molar-refractivity contribution in [1.29, 1.82) is 0 Å². The van der Waals surface area contributed by atoms with E-state index in [-0.39, 0.29) is 6.04 Å². The maximum absolute atomic E-state index is 13.4. The lowest BCUT2D eigenvalue weighted by molar-refractivity contribution is 0.168. The quantitative estimate of drug-likeness (QED) is 0.703. The number of imidazole rings is 1. The Labute approximate surface area is 78.8 Å². The van der Waals surface area contributed by atoms with Crippen LogP contribution in [0, 0.1) is 0 Å². The molecule has 0 aromatic carbocycles. The summed E-state index contributed by atoms with van der Waals surface area (Å²) in [6, 6.07) is 0.225. The molecular formula is C10H17FN2. The van der Waals surface area contributed by atoms with E-state index in [4.69, 9.17) is 0 Å². The summed E-state index contributed by atoms with van der Waals surface area (Å²) in [5, 5.41) is 0. The Hall–Kier alpha value is -0.860. The van der Waals surface area contributed by atoms with Crippen LogP contribution >= 0.6 is 0 Å². The van der Waals surface area contributed by atoms with E-state index in [2.05, 4.69) is 11.9 Å². The number of hydrogen-bond donors (Lipinski definition) is 0. The highest BCUT2D eigenvalue weighted by Gasteiger charge is 2.21. The van der Waals surface area contributed by atoms with Gasteiger partial charge in [0, 0.05) is 24.9 Å². The highest BCUT2D eigenvalue weighted by Crippen LogP contribution is 2.25. The normalized spacial score (nSPS) is 14.5. The lowest BCUT2D eigenvalue weighted by Crippen LogP contribution is -2.19. The zero-order valence-corrected chi connectivity index (χ0v) is 8.50. The molecule has 3 heteroatoms. The van der Waals surface area contributed by atoms with Gasteiger partial charge in [-0.05, 0) is 20.3 Å². The van der Waals surface area contributed by atoms with Crippen molar-refractivity contribution in [1.82, 2.24) is 9.55 Å². The Balaban J connectivity index is 2.64. The number of aromatic nitrogens is 2. The van der Waals surface area contributed by atoms with Crippen molar-refractivity contribution in [3.8, 4) is 0 Å². The van der Waals surface area contributed by atoms with Crippen LogP contribution in [0.15, 0.2) is 18.7 Å². The summed E-state index contributed by atoms with van der Waals surface area (Å²) in [6.45, 7) is 5.30. The molecule has 13 heavy (non-hydrogen) atoms.